The van der Waals surface area contributed by atoms with Crippen LogP contribution in [0.25, 0.3) is 0 Å². The lowest BCUT2D eigenvalue weighted by Gasteiger charge is -2.35. The van der Waals surface area contributed by atoms with E-state index in [4.69, 9.17) is 4.42 Å². The van der Waals surface area contributed by atoms with Crippen molar-refractivity contribution < 1.29 is 18.8 Å². The molecule has 0 saturated carbocycles. The minimum Gasteiger partial charge on any atom is -0.459 e. The summed E-state index contributed by atoms with van der Waals surface area (Å²) >= 11 is 0. The number of benzene rings is 1. The molecule has 0 aliphatic carbocycles. The van der Waals surface area contributed by atoms with Crippen LogP contribution in [0.5, 0.6) is 0 Å². The Kier molecular flexibility index (Phi) is 4.90. The highest BCUT2D eigenvalue weighted by atomic mass is 16.3. The summed E-state index contributed by atoms with van der Waals surface area (Å²) in [6, 6.07) is 11.1. The molecule has 1 aromatic heterocycles. The number of carbonyl (C=O) groups excluding carboxylic acids is 3. The molecule has 4 rings (SSSR count). The number of hydrogen-bond donors (Lipinski definition) is 0. The molecule has 1 atom stereocenters. The van der Waals surface area contributed by atoms with Crippen LogP contribution >= 0.6 is 0 Å². The Hall–Kier alpha value is -3.09. The molecule has 7 nitrogen and oxygen atoms in total. The van der Waals surface area contributed by atoms with Gasteiger partial charge in [-0.15, -0.1) is 0 Å². The molecule has 2 aliphatic heterocycles. The molecule has 3 heterocycles. The van der Waals surface area contributed by atoms with Crippen LogP contribution in [0, 0.1) is 12.8 Å². The minimum absolute atomic E-state index is 0.00643. The quantitative estimate of drug-likeness (QED) is 0.814. The number of aryl methyl sites for hydroxylation is 1. The first-order valence-electron chi connectivity index (χ1n) is 9.51. The van der Waals surface area contributed by atoms with Gasteiger partial charge in [0.05, 0.1) is 12.2 Å². The number of rotatable bonds is 3. The summed E-state index contributed by atoms with van der Waals surface area (Å²) in [6.45, 7) is 4.28. The fourth-order valence-corrected chi connectivity index (χ4v) is 3.79. The van der Waals surface area contributed by atoms with Crippen LogP contribution in [-0.4, -0.2) is 60.2 Å². The fourth-order valence-electron chi connectivity index (χ4n) is 3.79. The summed E-state index contributed by atoms with van der Waals surface area (Å²) in [4.78, 5) is 42.8. The lowest BCUT2D eigenvalue weighted by Crippen LogP contribution is -2.52. The largest absolute Gasteiger partial charge is 0.459 e. The standard InChI is InChI=1S/C21H23N3O4/c1-15-4-6-17(7-5-15)24-14-16(13-19(24)25)20(26)22-8-10-23(11-9-22)21(27)18-3-2-12-28-18/h2-7,12,16H,8-11,13-14H2,1H3/t16-/m0/s1. The summed E-state index contributed by atoms with van der Waals surface area (Å²) in [6.07, 6.45) is 1.71. The normalized spacial score (nSPS) is 20.0. The topological polar surface area (TPSA) is 74.1 Å². The lowest BCUT2D eigenvalue weighted by atomic mass is 10.1. The van der Waals surface area contributed by atoms with Crippen LogP contribution in [0.1, 0.15) is 22.5 Å². The van der Waals surface area contributed by atoms with Gasteiger partial charge in [0.1, 0.15) is 0 Å². The average molecular weight is 381 g/mol. The zero-order valence-corrected chi connectivity index (χ0v) is 15.8. The van der Waals surface area contributed by atoms with Crippen molar-refractivity contribution in [2.45, 2.75) is 13.3 Å². The number of carbonyl (C=O) groups is 3. The number of anilines is 1. The van der Waals surface area contributed by atoms with E-state index >= 15 is 0 Å². The second-order valence-electron chi connectivity index (χ2n) is 7.34. The van der Waals surface area contributed by atoms with E-state index in [1.54, 1.807) is 26.8 Å². The zero-order valence-electron chi connectivity index (χ0n) is 15.8. The molecule has 2 fully saturated rings. The first-order chi connectivity index (χ1) is 13.5. The lowest BCUT2D eigenvalue weighted by molar-refractivity contribution is -0.137. The molecule has 2 aromatic rings. The highest BCUT2D eigenvalue weighted by Gasteiger charge is 2.38. The molecule has 7 heteroatoms. The van der Waals surface area contributed by atoms with E-state index in [1.165, 1.54) is 6.26 Å². The van der Waals surface area contributed by atoms with Gasteiger partial charge in [0.25, 0.3) is 5.91 Å². The molecule has 146 valence electrons. The van der Waals surface area contributed by atoms with Crippen LogP contribution in [0.15, 0.2) is 47.1 Å². The highest BCUT2D eigenvalue weighted by molar-refractivity contribution is 6.00. The van der Waals surface area contributed by atoms with Crippen molar-refractivity contribution in [2.24, 2.45) is 5.92 Å². The van der Waals surface area contributed by atoms with Gasteiger partial charge in [0.15, 0.2) is 5.76 Å². The van der Waals surface area contributed by atoms with Crippen LogP contribution < -0.4 is 4.90 Å². The van der Waals surface area contributed by atoms with Gasteiger partial charge in [-0.2, -0.15) is 0 Å². The fraction of sp³-hybridized carbons (Fsp3) is 0.381. The Bertz CT molecular complexity index is 868. The van der Waals surface area contributed by atoms with Crippen LogP contribution in [0.2, 0.25) is 0 Å². The van der Waals surface area contributed by atoms with Crippen molar-refractivity contribution in [3.63, 3.8) is 0 Å². The van der Waals surface area contributed by atoms with Crippen molar-refractivity contribution in [1.29, 1.82) is 0 Å². The van der Waals surface area contributed by atoms with Gasteiger partial charge in [-0.05, 0) is 31.2 Å². The number of piperazine rings is 1. The summed E-state index contributed by atoms with van der Waals surface area (Å²) in [7, 11) is 0. The molecule has 2 saturated heterocycles. The summed E-state index contributed by atoms with van der Waals surface area (Å²) in [5.41, 5.74) is 1.96. The zero-order chi connectivity index (χ0) is 19.7. The van der Waals surface area contributed by atoms with Gasteiger partial charge in [-0.3, -0.25) is 14.4 Å². The second kappa shape index (κ2) is 7.50. The van der Waals surface area contributed by atoms with E-state index in [0.717, 1.165) is 11.3 Å². The van der Waals surface area contributed by atoms with Crippen molar-refractivity contribution in [1.82, 2.24) is 9.80 Å². The molecule has 0 radical (unpaired) electrons. The van der Waals surface area contributed by atoms with Crippen LogP contribution in [0.3, 0.4) is 0 Å². The molecule has 0 N–H and O–H groups in total. The Balaban J connectivity index is 1.35. The number of furan rings is 1. The van der Waals surface area contributed by atoms with Crippen molar-refractivity contribution in [2.75, 3.05) is 37.6 Å². The van der Waals surface area contributed by atoms with E-state index in [-0.39, 0.29) is 30.1 Å². The Morgan fingerprint density at radius 1 is 1.00 bits per heavy atom. The summed E-state index contributed by atoms with van der Waals surface area (Å²) in [5.74, 6) is -0.198. The second-order valence-corrected chi connectivity index (χ2v) is 7.34. The maximum atomic E-state index is 12.9. The molecule has 3 amide bonds. The van der Waals surface area contributed by atoms with Gasteiger partial charge >= 0.3 is 0 Å². The Morgan fingerprint density at radius 3 is 2.32 bits per heavy atom. The van der Waals surface area contributed by atoms with Gasteiger partial charge in [-0.1, -0.05) is 17.7 Å². The average Bonchev–Trinajstić information content (AvgIpc) is 3.38. The number of amides is 3. The minimum atomic E-state index is -0.332. The molecular formula is C21H23N3O4. The molecular weight excluding hydrogens is 358 g/mol. The van der Waals surface area contributed by atoms with E-state index in [1.807, 2.05) is 31.2 Å². The van der Waals surface area contributed by atoms with E-state index in [9.17, 15) is 14.4 Å². The third-order valence-electron chi connectivity index (χ3n) is 5.43. The maximum absolute atomic E-state index is 12.9. The van der Waals surface area contributed by atoms with Crippen molar-refractivity contribution in [3.05, 3.63) is 54.0 Å². The third kappa shape index (κ3) is 3.52. The van der Waals surface area contributed by atoms with Gasteiger partial charge < -0.3 is 19.1 Å². The SMILES string of the molecule is Cc1ccc(N2C[C@@H](C(=O)N3CCN(C(=O)c4ccco4)CC3)CC2=O)cc1. The molecule has 1 aromatic carbocycles. The Labute approximate surface area is 163 Å². The van der Waals surface area contributed by atoms with E-state index < -0.39 is 0 Å². The highest BCUT2D eigenvalue weighted by Crippen LogP contribution is 2.27. The van der Waals surface area contributed by atoms with Crippen molar-refractivity contribution in [3.8, 4) is 0 Å². The molecule has 0 bridgehead atoms. The molecule has 0 unspecified atom stereocenters. The Morgan fingerprint density at radius 2 is 1.68 bits per heavy atom. The summed E-state index contributed by atoms with van der Waals surface area (Å²) in [5, 5.41) is 0. The van der Waals surface area contributed by atoms with Gasteiger partial charge in [0, 0.05) is 44.8 Å². The number of nitrogens with zero attached hydrogens (tertiary/aromatic N) is 3. The van der Waals surface area contributed by atoms with Crippen molar-refractivity contribution >= 4 is 23.4 Å². The van der Waals surface area contributed by atoms with Gasteiger partial charge in [0.2, 0.25) is 11.8 Å². The van der Waals surface area contributed by atoms with E-state index in [2.05, 4.69) is 0 Å². The van der Waals surface area contributed by atoms with Crippen LogP contribution in [0.4, 0.5) is 5.69 Å². The predicted octanol–water partition coefficient (Wildman–Crippen LogP) is 1.93. The molecule has 2 aliphatic rings. The first-order valence-corrected chi connectivity index (χ1v) is 9.51. The molecule has 28 heavy (non-hydrogen) atoms. The maximum Gasteiger partial charge on any atom is 0.289 e. The predicted molar refractivity (Wildman–Crippen MR) is 103 cm³/mol. The number of hydrogen-bond acceptors (Lipinski definition) is 4. The van der Waals surface area contributed by atoms with Gasteiger partial charge in [-0.25, -0.2) is 0 Å². The van der Waals surface area contributed by atoms with E-state index in [0.29, 0.717) is 38.5 Å². The third-order valence-corrected chi connectivity index (χ3v) is 5.43. The summed E-state index contributed by atoms with van der Waals surface area (Å²) < 4.78 is 5.16. The molecule has 0 spiro atoms. The smallest absolute Gasteiger partial charge is 0.289 e. The monoisotopic (exact) mass is 381 g/mol. The van der Waals surface area contributed by atoms with Crippen LogP contribution in [-0.2, 0) is 9.59 Å². The first kappa shape index (κ1) is 18.3.